The number of hydrogen-bond donors (Lipinski definition) is 1. The van der Waals surface area contributed by atoms with E-state index in [4.69, 9.17) is 15.2 Å². The van der Waals surface area contributed by atoms with Crippen LogP contribution in [0.15, 0.2) is 24.4 Å². The van der Waals surface area contributed by atoms with Gasteiger partial charge in [-0.2, -0.15) is 13.2 Å². The minimum atomic E-state index is -4.50. The first-order valence-electron chi connectivity index (χ1n) is 7.17. The van der Waals surface area contributed by atoms with Gasteiger partial charge in [0.15, 0.2) is 5.69 Å². The number of nitrogens with zero attached hydrogens (tertiary/aromatic N) is 2. The number of ether oxygens (including phenoxy) is 2. The van der Waals surface area contributed by atoms with E-state index in [1.807, 2.05) is 0 Å². The molecule has 2 aromatic rings. The van der Waals surface area contributed by atoms with Crippen LogP contribution in [0, 0.1) is 0 Å². The third-order valence-electron chi connectivity index (χ3n) is 3.55. The third kappa shape index (κ3) is 3.32. The number of benzene rings is 1. The van der Waals surface area contributed by atoms with Crippen LogP contribution in [-0.2, 0) is 24.0 Å². The van der Waals surface area contributed by atoms with Gasteiger partial charge < -0.3 is 19.8 Å². The summed E-state index contributed by atoms with van der Waals surface area (Å²) in [5.74, 6) is 0.667. The fraction of sp³-hybridized carbons (Fsp3) is 0.400. The number of hydrogen-bond acceptors (Lipinski definition) is 4. The highest BCUT2D eigenvalue weighted by atomic mass is 19.4. The zero-order valence-corrected chi connectivity index (χ0v) is 12.3. The lowest BCUT2D eigenvalue weighted by Crippen LogP contribution is -2.14. The summed E-state index contributed by atoms with van der Waals surface area (Å²) in [7, 11) is 0. The molecule has 2 heterocycles. The molecule has 5 nitrogen and oxygen atoms in total. The third-order valence-corrected chi connectivity index (χ3v) is 3.55. The second kappa shape index (κ2) is 6.21. The molecule has 0 saturated carbocycles. The van der Waals surface area contributed by atoms with E-state index in [0.29, 0.717) is 37.7 Å². The maximum absolute atomic E-state index is 13.0. The molecule has 1 aliphatic heterocycles. The summed E-state index contributed by atoms with van der Waals surface area (Å²) >= 11 is 0. The van der Waals surface area contributed by atoms with Crippen LogP contribution in [0.2, 0.25) is 0 Å². The molecular formula is C15H16F3N3O2. The van der Waals surface area contributed by atoms with Crippen LogP contribution in [0.3, 0.4) is 0 Å². The Balaban J connectivity index is 2.13. The van der Waals surface area contributed by atoms with Crippen molar-refractivity contribution in [1.29, 1.82) is 0 Å². The Morgan fingerprint density at radius 1 is 1.22 bits per heavy atom. The van der Waals surface area contributed by atoms with Crippen molar-refractivity contribution in [2.75, 3.05) is 19.8 Å². The van der Waals surface area contributed by atoms with Crippen LogP contribution in [0.25, 0.3) is 11.4 Å². The standard InChI is InChI=1S/C15H16F3N3O2/c16-15(17,18)13-9-21-3-4-22-5-6-23-12-7-10(8-19)1-2-11(12)14(21)20-13/h1-2,7,9H,3-6,8,19H2. The average molecular weight is 327 g/mol. The lowest BCUT2D eigenvalue weighted by molar-refractivity contribution is -0.140. The highest BCUT2D eigenvalue weighted by Crippen LogP contribution is 2.35. The summed E-state index contributed by atoms with van der Waals surface area (Å²) in [4.78, 5) is 3.76. The number of aromatic nitrogens is 2. The quantitative estimate of drug-likeness (QED) is 0.874. The number of alkyl halides is 3. The van der Waals surface area contributed by atoms with Gasteiger partial charge in [-0.1, -0.05) is 6.07 Å². The highest BCUT2D eigenvalue weighted by Gasteiger charge is 2.35. The molecule has 0 atom stereocenters. The minimum Gasteiger partial charge on any atom is -0.490 e. The van der Waals surface area contributed by atoms with Crippen molar-refractivity contribution in [1.82, 2.24) is 9.55 Å². The maximum Gasteiger partial charge on any atom is 0.434 e. The Bertz CT molecular complexity index is 698. The van der Waals surface area contributed by atoms with Gasteiger partial charge in [-0.25, -0.2) is 4.98 Å². The van der Waals surface area contributed by atoms with E-state index >= 15 is 0 Å². The van der Waals surface area contributed by atoms with Gasteiger partial charge in [0.1, 0.15) is 18.2 Å². The van der Waals surface area contributed by atoms with Gasteiger partial charge in [0, 0.05) is 19.3 Å². The van der Waals surface area contributed by atoms with E-state index in [-0.39, 0.29) is 12.4 Å². The first-order valence-corrected chi connectivity index (χ1v) is 7.17. The molecule has 23 heavy (non-hydrogen) atoms. The van der Waals surface area contributed by atoms with Crippen LogP contribution < -0.4 is 10.5 Å². The summed E-state index contributed by atoms with van der Waals surface area (Å²) in [6, 6.07) is 5.18. The Labute approximate surface area is 130 Å². The number of fused-ring (bicyclic) bond motifs is 3. The van der Waals surface area contributed by atoms with Crippen molar-refractivity contribution >= 4 is 0 Å². The van der Waals surface area contributed by atoms with E-state index in [1.165, 1.54) is 4.57 Å². The SMILES string of the molecule is NCc1ccc2c(c1)OCCOCCn1cc(C(F)(F)F)nc1-2. The monoisotopic (exact) mass is 327 g/mol. The summed E-state index contributed by atoms with van der Waals surface area (Å²) in [5.41, 5.74) is 6.03. The molecule has 0 saturated heterocycles. The normalized spacial score (nSPS) is 15.5. The van der Waals surface area contributed by atoms with E-state index in [0.717, 1.165) is 11.8 Å². The van der Waals surface area contributed by atoms with Crippen LogP contribution >= 0.6 is 0 Å². The van der Waals surface area contributed by atoms with Gasteiger partial charge in [-0.05, 0) is 17.7 Å². The fourth-order valence-electron chi connectivity index (χ4n) is 2.41. The molecule has 0 fully saturated rings. The molecule has 0 aliphatic carbocycles. The highest BCUT2D eigenvalue weighted by molar-refractivity contribution is 5.66. The van der Waals surface area contributed by atoms with Gasteiger partial charge in [0.2, 0.25) is 0 Å². The van der Waals surface area contributed by atoms with E-state index in [9.17, 15) is 13.2 Å². The summed E-state index contributed by atoms with van der Waals surface area (Å²) in [6.45, 7) is 1.57. The van der Waals surface area contributed by atoms with E-state index in [2.05, 4.69) is 4.98 Å². The van der Waals surface area contributed by atoms with Crippen LogP contribution in [0.5, 0.6) is 5.75 Å². The van der Waals surface area contributed by atoms with Crippen LogP contribution in [0.1, 0.15) is 11.3 Å². The molecule has 0 bridgehead atoms. The molecule has 0 spiro atoms. The molecule has 0 unspecified atom stereocenters. The van der Waals surface area contributed by atoms with Crippen LogP contribution in [-0.4, -0.2) is 29.4 Å². The van der Waals surface area contributed by atoms with Gasteiger partial charge in [0.25, 0.3) is 0 Å². The molecule has 1 aromatic carbocycles. The average Bonchev–Trinajstić information content (AvgIpc) is 2.95. The summed E-state index contributed by atoms with van der Waals surface area (Å²) in [6.07, 6.45) is -3.50. The molecule has 0 radical (unpaired) electrons. The molecule has 8 heteroatoms. The second-order valence-corrected chi connectivity index (χ2v) is 5.14. The first-order chi connectivity index (χ1) is 11.0. The largest absolute Gasteiger partial charge is 0.490 e. The van der Waals surface area contributed by atoms with Crippen molar-refractivity contribution in [3.05, 3.63) is 35.7 Å². The number of halogens is 3. The van der Waals surface area contributed by atoms with Crippen molar-refractivity contribution < 1.29 is 22.6 Å². The lowest BCUT2D eigenvalue weighted by Gasteiger charge is -2.16. The molecular weight excluding hydrogens is 311 g/mol. The summed E-state index contributed by atoms with van der Waals surface area (Å²) in [5, 5.41) is 0. The topological polar surface area (TPSA) is 62.3 Å². The van der Waals surface area contributed by atoms with Crippen molar-refractivity contribution in [2.24, 2.45) is 5.73 Å². The zero-order valence-electron chi connectivity index (χ0n) is 12.3. The molecule has 124 valence electrons. The number of rotatable bonds is 1. The minimum absolute atomic E-state index is 0.210. The smallest absolute Gasteiger partial charge is 0.434 e. The predicted molar refractivity (Wildman–Crippen MR) is 76.9 cm³/mol. The van der Waals surface area contributed by atoms with E-state index in [1.54, 1.807) is 18.2 Å². The van der Waals surface area contributed by atoms with Crippen LogP contribution in [0.4, 0.5) is 13.2 Å². The fourth-order valence-corrected chi connectivity index (χ4v) is 2.41. The van der Waals surface area contributed by atoms with Crippen molar-refractivity contribution in [3.8, 4) is 17.1 Å². The van der Waals surface area contributed by atoms with Gasteiger partial charge in [-0.15, -0.1) is 0 Å². The maximum atomic E-state index is 13.0. The Morgan fingerprint density at radius 2 is 2.04 bits per heavy atom. The first kappa shape index (κ1) is 15.8. The molecule has 1 aromatic heterocycles. The number of nitrogens with two attached hydrogens (primary N) is 1. The molecule has 3 rings (SSSR count). The van der Waals surface area contributed by atoms with E-state index < -0.39 is 11.9 Å². The zero-order chi connectivity index (χ0) is 16.4. The molecule has 0 amide bonds. The lowest BCUT2D eigenvalue weighted by atomic mass is 10.1. The Hall–Kier alpha value is -2.06. The van der Waals surface area contributed by atoms with Gasteiger partial charge >= 0.3 is 6.18 Å². The molecule has 2 N–H and O–H groups in total. The van der Waals surface area contributed by atoms with Crippen molar-refractivity contribution in [2.45, 2.75) is 19.3 Å². The Morgan fingerprint density at radius 3 is 2.78 bits per heavy atom. The van der Waals surface area contributed by atoms with Crippen molar-refractivity contribution in [3.63, 3.8) is 0 Å². The Kier molecular flexibility index (Phi) is 4.27. The van der Waals surface area contributed by atoms with Gasteiger partial charge in [-0.3, -0.25) is 0 Å². The predicted octanol–water partition coefficient (Wildman–Crippen LogP) is 2.44. The number of imidazole rings is 1. The summed E-state index contributed by atoms with van der Waals surface area (Å²) < 4.78 is 51.4. The second-order valence-electron chi connectivity index (χ2n) is 5.14. The van der Waals surface area contributed by atoms with Gasteiger partial charge in [0.05, 0.1) is 18.8 Å². The molecule has 1 aliphatic rings.